The molecule has 6 atom stereocenters. The highest BCUT2D eigenvalue weighted by molar-refractivity contribution is 5.69. The number of unbranched alkanes of at least 4 members (excludes halogenated alkanes) is 5. The van der Waals surface area contributed by atoms with E-state index < -0.39 is 49.4 Å². The summed E-state index contributed by atoms with van der Waals surface area (Å²) in [6.07, 6.45) is 52.3. The van der Waals surface area contributed by atoms with E-state index >= 15 is 0 Å². The van der Waals surface area contributed by atoms with Crippen molar-refractivity contribution < 1.29 is 44.2 Å². The smallest absolute Gasteiger partial charge is 0.306 e. The lowest BCUT2D eigenvalue weighted by atomic mass is 9.99. The number of ether oxygens (including phenoxy) is 4. The van der Waals surface area contributed by atoms with Crippen molar-refractivity contribution >= 4 is 5.97 Å². The number of aliphatic hydroxyl groups is 4. The Morgan fingerprint density at radius 3 is 1.45 bits per heavy atom. The summed E-state index contributed by atoms with van der Waals surface area (Å²) in [5.74, 6) is -0.409. The van der Waals surface area contributed by atoms with Crippen LogP contribution < -0.4 is 0 Å². The molecule has 6 unspecified atom stereocenters. The van der Waals surface area contributed by atoms with Gasteiger partial charge in [0, 0.05) is 13.0 Å². The standard InChI is InChI=1S/C51H80O9/c1-3-5-7-9-11-13-15-17-19-21-23-24-26-28-30-32-34-36-38-40-47(53)59-45(44-58-51-50(56)49(55)48(54)46(42-52)60-51)43-57-41-39-37-35-33-31-29-27-25-22-20-18-16-14-12-10-8-6-4-2/h5-8,11-14,17-20,23-25,27-28,30,34,36,45-46,48-52,54-56H,3-4,9-10,15-16,21-22,26,29,31-33,35,37-44H2,1-2H3/b7-5-,8-6-,13-11-,14-12-,19-17-,20-18-,24-23-,27-25-,30-28-,36-34-. The van der Waals surface area contributed by atoms with Crippen LogP contribution in [0.5, 0.6) is 0 Å². The van der Waals surface area contributed by atoms with Gasteiger partial charge in [-0.1, -0.05) is 155 Å². The van der Waals surface area contributed by atoms with Crippen LogP contribution in [-0.4, -0.2) is 89.6 Å². The maximum Gasteiger partial charge on any atom is 0.306 e. The number of hydrogen-bond donors (Lipinski definition) is 4. The molecular formula is C51H80O9. The maximum atomic E-state index is 12.8. The third-order valence-electron chi connectivity index (χ3n) is 9.39. The van der Waals surface area contributed by atoms with Gasteiger partial charge in [-0.2, -0.15) is 0 Å². The van der Waals surface area contributed by atoms with Gasteiger partial charge in [0.05, 0.1) is 19.8 Å². The van der Waals surface area contributed by atoms with E-state index in [-0.39, 0.29) is 19.6 Å². The molecule has 0 spiro atoms. The van der Waals surface area contributed by atoms with Crippen LogP contribution in [0.15, 0.2) is 122 Å². The highest BCUT2D eigenvalue weighted by Gasteiger charge is 2.44. The largest absolute Gasteiger partial charge is 0.457 e. The lowest BCUT2D eigenvalue weighted by Crippen LogP contribution is -2.59. The maximum absolute atomic E-state index is 12.8. The quantitative estimate of drug-likeness (QED) is 0.0276. The van der Waals surface area contributed by atoms with Crippen molar-refractivity contribution in [3.05, 3.63) is 122 Å². The average molecular weight is 837 g/mol. The summed E-state index contributed by atoms with van der Waals surface area (Å²) in [7, 11) is 0. The van der Waals surface area contributed by atoms with E-state index in [1.807, 2.05) is 12.2 Å². The van der Waals surface area contributed by atoms with E-state index in [4.69, 9.17) is 18.9 Å². The van der Waals surface area contributed by atoms with Crippen molar-refractivity contribution in [3.63, 3.8) is 0 Å². The van der Waals surface area contributed by atoms with Gasteiger partial charge in [-0.15, -0.1) is 0 Å². The molecule has 338 valence electrons. The van der Waals surface area contributed by atoms with Crippen molar-refractivity contribution in [1.82, 2.24) is 0 Å². The van der Waals surface area contributed by atoms with E-state index in [9.17, 15) is 25.2 Å². The molecule has 1 heterocycles. The van der Waals surface area contributed by atoms with Gasteiger partial charge in [0.25, 0.3) is 0 Å². The second kappa shape index (κ2) is 41.0. The van der Waals surface area contributed by atoms with Crippen LogP contribution >= 0.6 is 0 Å². The summed E-state index contributed by atoms with van der Waals surface area (Å²) in [5.41, 5.74) is 0. The van der Waals surface area contributed by atoms with Gasteiger partial charge in [0.15, 0.2) is 6.29 Å². The molecule has 4 N–H and O–H groups in total. The van der Waals surface area contributed by atoms with Crippen LogP contribution in [0.1, 0.15) is 129 Å². The molecule has 9 heteroatoms. The molecule has 0 aliphatic carbocycles. The molecule has 0 amide bonds. The van der Waals surface area contributed by atoms with E-state index in [0.717, 1.165) is 103 Å². The molecule has 0 aromatic heterocycles. The first-order valence-electron chi connectivity index (χ1n) is 22.6. The Balaban J connectivity index is 2.36. The van der Waals surface area contributed by atoms with E-state index in [1.54, 1.807) is 0 Å². The molecule has 1 aliphatic heterocycles. The number of carbonyl (C=O) groups is 1. The molecule has 0 bridgehead atoms. The zero-order chi connectivity index (χ0) is 43.6. The van der Waals surface area contributed by atoms with E-state index in [1.165, 1.54) is 0 Å². The molecule has 0 saturated carbocycles. The Bertz CT molecular complexity index is 1320. The fourth-order valence-corrected chi connectivity index (χ4v) is 5.92. The Hall–Kier alpha value is -3.41. The summed E-state index contributed by atoms with van der Waals surface area (Å²) < 4.78 is 22.7. The SMILES string of the molecule is CC/C=C\C/C=C\C/C=C\C/C=C\C/C=C\C/C=C\CCC(=O)OC(COCCCCCCC/C=C\C/C=C\C/C=C\C/C=C\CC)COC1OC(CO)C(O)C(O)C1O. The molecular weight excluding hydrogens is 757 g/mol. The second-order valence-corrected chi connectivity index (χ2v) is 14.7. The van der Waals surface area contributed by atoms with E-state index in [2.05, 4.69) is 123 Å². The number of aliphatic hydroxyl groups excluding tert-OH is 4. The number of allylic oxidation sites excluding steroid dienone is 20. The number of esters is 1. The first-order chi connectivity index (χ1) is 29.4. The lowest BCUT2D eigenvalue weighted by Gasteiger charge is -2.39. The summed E-state index contributed by atoms with van der Waals surface area (Å²) in [6.45, 7) is 4.16. The molecule has 0 aromatic carbocycles. The minimum absolute atomic E-state index is 0.0922. The highest BCUT2D eigenvalue weighted by atomic mass is 16.7. The van der Waals surface area contributed by atoms with Crippen LogP contribution in [-0.2, 0) is 23.7 Å². The summed E-state index contributed by atoms with van der Waals surface area (Å²) in [4.78, 5) is 12.8. The minimum Gasteiger partial charge on any atom is -0.457 e. The van der Waals surface area contributed by atoms with Crippen LogP contribution in [0.25, 0.3) is 0 Å². The monoisotopic (exact) mass is 837 g/mol. The summed E-state index contributed by atoms with van der Waals surface area (Å²) >= 11 is 0. The van der Waals surface area contributed by atoms with Gasteiger partial charge in [0.2, 0.25) is 0 Å². The van der Waals surface area contributed by atoms with Crippen molar-refractivity contribution in [2.75, 3.05) is 26.4 Å². The Labute approximate surface area is 363 Å². The van der Waals surface area contributed by atoms with Gasteiger partial charge in [-0.25, -0.2) is 0 Å². The molecule has 1 rings (SSSR count). The summed E-state index contributed by atoms with van der Waals surface area (Å²) in [5, 5.41) is 40.1. The van der Waals surface area contributed by atoms with Gasteiger partial charge in [-0.05, 0) is 89.9 Å². The van der Waals surface area contributed by atoms with Gasteiger partial charge < -0.3 is 39.4 Å². The van der Waals surface area contributed by atoms with Crippen LogP contribution in [0.2, 0.25) is 0 Å². The van der Waals surface area contributed by atoms with Crippen LogP contribution in [0.3, 0.4) is 0 Å². The normalized spacial score (nSPS) is 21.2. The Morgan fingerprint density at radius 2 is 0.967 bits per heavy atom. The topological polar surface area (TPSA) is 135 Å². The fraction of sp³-hybridized carbons (Fsp3) is 0.588. The van der Waals surface area contributed by atoms with E-state index in [0.29, 0.717) is 13.0 Å². The van der Waals surface area contributed by atoms with Crippen LogP contribution in [0.4, 0.5) is 0 Å². The number of hydrogen-bond acceptors (Lipinski definition) is 9. The fourth-order valence-electron chi connectivity index (χ4n) is 5.92. The highest BCUT2D eigenvalue weighted by Crippen LogP contribution is 2.22. The molecule has 0 radical (unpaired) electrons. The van der Waals surface area contributed by atoms with Crippen molar-refractivity contribution in [1.29, 1.82) is 0 Å². The first-order valence-corrected chi connectivity index (χ1v) is 22.6. The Kier molecular flexibility index (Phi) is 37.3. The van der Waals surface area contributed by atoms with Crippen molar-refractivity contribution in [2.24, 2.45) is 0 Å². The number of carbonyl (C=O) groups excluding carboxylic acids is 1. The predicted octanol–water partition coefficient (Wildman–Crippen LogP) is 10.4. The average Bonchev–Trinajstić information content (AvgIpc) is 3.25. The van der Waals surface area contributed by atoms with Crippen molar-refractivity contribution in [3.8, 4) is 0 Å². The zero-order valence-electron chi connectivity index (χ0n) is 36.9. The molecule has 1 fully saturated rings. The third kappa shape index (κ3) is 31.5. The Morgan fingerprint density at radius 1 is 0.533 bits per heavy atom. The lowest BCUT2D eigenvalue weighted by molar-refractivity contribution is -0.305. The second-order valence-electron chi connectivity index (χ2n) is 14.7. The minimum atomic E-state index is -1.56. The molecule has 9 nitrogen and oxygen atoms in total. The van der Waals surface area contributed by atoms with Crippen molar-refractivity contribution in [2.45, 2.75) is 166 Å². The summed E-state index contributed by atoms with van der Waals surface area (Å²) in [6, 6.07) is 0. The molecule has 1 saturated heterocycles. The van der Waals surface area contributed by atoms with Gasteiger partial charge in [-0.3, -0.25) is 4.79 Å². The third-order valence-corrected chi connectivity index (χ3v) is 9.39. The van der Waals surface area contributed by atoms with Crippen LogP contribution in [0, 0.1) is 0 Å². The van der Waals surface area contributed by atoms with Gasteiger partial charge >= 0.3 is 5.97 Å². The number of rotatable bonds is 36. The molecule has 1 aliphatic rings. The first kappa shape index (κ1) is 54.6. The predicted molar refractivity (Wildman–Crippen MR) is 246 cm³/mol. The molecule has 60 heavy (non-hydrogen) atoms. The molecule has 0 aromatic rings. The van der Waals surface area contributed by atoms with Gasteiger partial charge in [0.1, 0.15) is 30.5 Å². The zero-order valence-corrected chi connectivity index (χ0v) is 36.9.